The predicted octanol–water partition coefficient (Wildman–Crippen LogP) is 3.12. The number of aromatic carboxylic acids is 1. The molecule has 0 spiro atoms. The summed E-state index contributed by atoms with van der Waals surface area (Å²) in [6.07, 6.45) is 1.54. The van der Waals surface area contributed by atoms with Gasteiger partial charge >= 0.3 is 5.97 Å². The van der Waals surface area contributed by atoms with Gasteiger partial charge in [-0.15, -0.1) is 0 Å². The first kappa shape index (κ1) is 14.8. The summed E-state index contributed by atoms with van der Waals surface area (Å²) in [5.41, 5.74) is 5.90. The molecule has 3 N–H and O–H groups in total. The summed E-state index contributed by atoms with van der Waals surface area (Å²) in [4.78, 5) is 11.1. The van der Waals surface area contributed by atoms with Crippen molar-refractivity contribution in [2.45, 2.75) is 12.8 Å². The molecule has 0 saturated heterocycles. The van der Waals surface area contributed by atoms with Crippen molar-refractivity contribution in [2.24, 2.45) is 0 Å². The van der Waals surface area contributed by atoms with Crippen LogP contribution >= 0.6 is 0 Å². The lowest BCUT2D eigenvalue weighted by atomic mass is 10.1. The van der Waals surface area contributed by atoms with Crippen LogP contribution in [0, 0.1) is 5.82 Å². The van der Waals surface area contributed by atoms with Crippen molar-refractivity contribution in [1.29, 1.82) is 0 Å². The molecule has 0 aliphatic rings. The molecule has 110 valence electrons. The zero-order chi connectivity index (χ0) is 15.2. The van der Waals surface area contributed by atoms with E-state index in [1.807, 2.05) is 30.3 Å². The van der Waals surface area contributed by atoms with Crippen LogP contribution in [0.15, 0.2) is 42.5 Å². The van der Waals surface area contributed by atoms with Crippen molar-refractivity contribution in [3.8, 4) is 5.75 Å². The number of carboxylic acid groups (broad SMARTS) is 1. The number of benzene rings is 2. The van der Waals surface area contributed by atoms with Gasteiger partial charge in [0.05, 0.1) is 12.3 Å². The Bertz CT molecular complexity index is 629. The Morgan fingerprint density at radius 2 is 1.90 bits per heavy atom. The average Bonchev–Trinajstić information content (AvgIpc) is 2.48. The lowest BCUT2D eigenvalue weighted by molar-refractivity contribution is 0.0693. The largest absolute Gasteiger partial charge is 0.493 e. The van der Waals surface area contributed by atoms with Gasteiger partial charge in [-0.1, -0.05) is 30.3 Å². The molecular formula is C16H16FNO3. The fraction of sp³-hybridized carbons (Fsp3) is 0.188. The Hall–Kier alpha value is -2.56. The molecule has 2 rings (SSSR count). The van der Waals surface area contributed by atoms with Gasteiger partial charge in [0.1, 0.15) is 17.1 Å². The molecule has 2 aromatic rings. The molecule has 21 heavy (non-hydrogen) atoms. The Balaban J connectivity index is 1.97. The zero-order valence-corrected chi connectivity index (χ0v) is 11.4. The minimum atomic E-state index is -1.30. The first-order valence-electron chi connectivity index (χ1n) is 6.57. The summed E-state index contributed by atoms with van der Waals surface area (Å²) >= 11 is 0. The molecule has 0 aromatic heterocycles. The van der Waals surface area contributed by atoms with Crippen LogP contribution in [0.3, 0.4) is 0 Å². The van der Waals surface area contributed by atoms with E-state index in [1.165, 1.54) is 11.6 Å². The lowest BCUT2D eigenvalue weighted by Crippen LogP contribution is -2.09. The second-order valence-electron chi connectivity index (χ2n) is 4.58. The molecule has 5 heteroatoms. The maximum absolute atomic E-state index is 13.3. The number of hydrogen-bond donors (Lipinski definition) is 2. The van der Waals surface area contributed by atoms with E-state index in [1.54, 1.807) is 0 Å². The highest BCUT2D eigenvalue weighted by Gasteiger charge is 2.18. The zero-order valence-electron chi connectivity index (χ0n) is 11.4. The number of rotatable bonds is 6. The summed E-state index contributed by atoms with van der Waals surface area (Å²) in [7, 11) is 0. The number of nitrogens with two attached hydrogens (primary N) is 1. The molecule has 0 amide bonds. The van der Waals surface area contributed by atoms with Gasteiger partial charge in [-0.05, 0) is 30.5 Å². The number of anilines is 1. The van der Waals surface area contributed by atoms with Crippen LogP contribution in [0.2, 0.25) is 0 Å². The maximum Gasteiger partial charge on any atom is 0.341 e. The minimum Gasteiger partial charge on any atom is -0.493 e. The van der Waals surface area contributed by atoms with Crippen LogP contribution in [0.5, 0.6) is 5.75 Å². The first-order chi connectivity index (χ1) is 10.1. The molecule has 0 bridgehead atoms. The molecule has 4 nitrogen and oxygen atoms in total. The van der Waals surface area contributed by atoms with E-state index in [-0.39, 0.29) is 11.3 Å². The van der Waals surface area contributed by atoms with Crippen LogP contribution in [0.1, 0.15) is 22.3 Å². The fourth-order valence-corrected chi connectivity index (χ4v) is 2.02. The number of halogens is 1. The Morgan fingerprint density at radius 1 is 1.19 bits per heavy atom. The van der Waals surface area contributed by atoms with Crippen LogP contribution in [0.25, 0.3) is 0 Å². The van der Waals surface area contributed by atoms with Gasteiger partial charge in [0.25, 0.3) is 0 Å². The van der Waals surface area contributed by atoms with E-state index in [2.05, 4.69) is 0 Å². The van der Waals surface area contributed by atoms with Gasteiger partial charge in [0, 0.05) is 0 Å². The van der Waals surface area contributed by atoms with Crippen LogP contribution in [0.4, 0.5) is 10.1 Å². The van der Waals surface area contributed by atoms with Gasteiger partial charge in [0.2, 0.25) is 0 Å². The van der Waals surface area contributed by atoms with Crippen LogP contribution in [-0.4, -0.2) is 17.7 Å². The molecule has 0 heterocycles. The molecule has 0 fully saturated rings. The van der Waals surface area contributed by atoms with E-state index in [0.29, 0.717) is 6.61 Å². The van der Waals surface area contributed by atoms with Crippen molar-refractivity contribution in [1.82, 2.24) is 0 Å². The van der Waals surface area contributed by atoms with Crippen molar-refractivity contribution in [3.05, 3.63) is 59.4 Å². The van der Waals surface area contributed by atoms with Crippen molar-refractivity contribution in [2.75, 3.05) is 12.3 Å². The number of hydrogen-bond acceptors (Lipinski definition) is 3. The number of aryl methyl sites for hydroxylation is 1. The molecule has 0 radical (unpaired) electrons. The van der Waals surface area contributed by atoms with Crippen LogP contribution in [-0.2, 0) is 6.42 Å². The number of nitrogen functional groups attached to an aromatic ring is 1. The second-order valence-corrected chi connectivity index (χ2v) is 4.58. The monoisotopic (exact) mass is 289 g/mol. The minimum absolute atomic E-state index is 0.0921. The van der Waals surface area contributed by atoms with E-state index >= 15 is 0 Å². The van der Waals surface area contributed by atoms with Crippen molar-refractivity contribution in [3.63, 3.8) is 0 Å². The molecular weight excluding hydrogens is 273 g/mol. The Kier molecular flexibility index (Phi) is 4.77. The number of carbonyl (C=O) groups is 1. The molecule has 0 atom stereocenters. The third-order valence-corrected chi connectivity index (χ3v) is 3.08. The second kappa shape index (κ2) is 6.74. The molecule has 0 unspecified atom stereocenters. The van der Waals surface area contributed by atoms with E-state index in [0.717, 1.165) is 18.9 Å². The summed E-state index contributed by atoms with van der Waals surface area (Å²) in [5, 5.41) is 9.08. The smallest absolute Gasteiger partial charge is 0.341 e. The van der Waals surface area contributed by atoms with Gasteiger partial charge in [-0.3, -0.25) is 0 Å². The number of ether oxygens (including phenoxy) is 1. The average molecular weight is 289 g/mol. The molecule has 2 aromatic carbocycles. The third kappa shape index (κ3) is 3.72. The highest BCUT2D eigenvalue weighted by Crippen LogP contribution is 2.27. The van der Waals surface area contributed by atoms with E-state index in [4.69, 9.17) is 15.6 Å². The summed E-state index contributed by atoms with van der Waals surface area (Å²) < 4.78 is 18.7. The van der Waals surface area contributed by atoms with E-state index in [9.17, 15) is 9.18 Å². The Labute approximate surface area is 122 Å². The van der Waals surface area contributed by atoms with Gasteiger partial charge in [0.15, 0.2) is 0 Å². The Morgan fingerprint density at radius 3 is 2.57 bits per heavy atom. The van der Waals surface area contributed by atoms with Crippen LogP contribution < -0.4 is 10.5 Å². The van der Waals surface area contributed by atoms with Crippen molar-refractivity contribution >= 4 is 11.7 Å². The van der Waals surface area contributed by atoms with Crippen molar-refractivity contribution < 1.29 is 19.0 Å². The standard InChI is InChI=1S/C16H16FNO3/c17-12-8-9-13(14(15(12)18)16(19)20)21-10-4-7-11-5-2-1-3-6-11/h1-3,5-6,8-9H,4,7,10,18H2,(H,19,20). The van der Waals surface area contributed by atoms with Gasteiger partial charge < -0.3 is 15.6 Å². The predicted molar refractivity (Wildman–Crippen MR) is 78.0 cm³/mol. The number of carboxylic acids is 1. The highest BCUT2D eigenvalue weighted by molar-refractivity contribution is 5.96. The van der Waals surface area contributed by atoms with Gasteiger partial charge in [-0.25, -0.2) is 9.18 Å². The lowest BCUT2D eigenvalue weighted by Gasteiger charge is -2.11. The third-order valence-electron chi connectivity index (χ3n) is 3.08. The van der Waals surface area contributed by atoms with E-state index < -0.39 is 17.5 Å². The molecule has 0 saturated carbocycles. The summed E-state index contributed by atoms with van der Waals surface area (Å²) in [6.45, 7) is 0.334. The van der Waals surface area contributed by atoms with Gasteiger partial charge in [-0.2, -0.15) is 0 Å². The molecule has 0 aliphatic carbocycles. The first-order valence-corrected chi connectivity index (χ1v) is 6.57. The fourth-order valence-electron chi connectivity index (χ4n) is 2.02. The topological polar surface area (TPSA) is 72.5 Å². The highest BCUT2D eigenvalue weighted by atomic mass is 19.1. The summed E-state index contributed by atoms with van der Waals surface area (Å²) in [5.74, 6) is -1.97. The maximum atomic E-state index is 13.3. The summed E-state index contributed by atoms with van der Waals surface area (Å²) in [6, 6.07) is 12.3. The normalized spacial score (nSPS) is 10.3. The quantitative estimate of drug-likeness (QED) is 0.633. The molecule has 0 aliphatic heterocycles. The SMILES string of the molecule is Nc1c(F)ccc(OCCCc2ccccc2)c1C(=O)O.